The van der Waals surface area contributed by atoms with Gasteiger partial charge in [0.05, 0.1) is 31.0 Å². The molecule has 16 atom stereocenters. The summed E-state index contributed by atoms with van der Waals surface area (Å²) in [6.45, 7) is 8.98. The second-order valence-electron chi connectivity index (χ2n) is 15.3. The van der Waals surface area contributed by atoms with E-state index in [-0.39, 0.29) is 41.1 Å². The minimum Gasteiger partial charge on any atom is -0.429 e. The number of carbonyl (C=O) groups is 1. The number of aliphatic hydroxyl groups excluding tert-OH is 8. The van der Waals surface area contributed by atoms with Gasteiger partial charge in [-0.05, 0) is 87.4 Å². The smallest absolute Gasteiger partial charge is 0.336 e. The number of ether oxygens (including phenoxy) is 2. The Morgan fingerprint density at radius 1 is 1.07 bits per heavy atom. The van der Waals surface area contributed by atoms with Crippen molar-refractivity contribution in [3.8, 4) is 0 Å². The standard InChI is InChI=1S/C34H54O11/c1-15(16(2)31(43)45-32-30(42)29(41)28(40)25(14-35)44-32)10-23(37)17(3)21-8-9-22-20-7-6-18-11-19(36)12-26(39)34(18,5)27(20)24(38)13-33(21,22)4/h6,17,19-30,32,35-42H,7-14H2,1-5H3/b16-15+/t17-,19?,20-,21+,22-,23?,24?,25+,26?,27+,28+,29-,30+,32-,33+,34+/m0/s1. The molecule has 0 spiro atoms. The Morgan fingerprint density at radius 2 is 1.76 bits per heavy atom. The molecule has 256 valence electrons. The van der Waals surface area contributed by atoms with Crippen LogP contribution in [0.15, 0.2) is 22.8 Å². The van der Waals surface area contributed by atoms with Crippen LogP contribution in [0, 0.1) is 40.4 Å². The molecule has 1 aliphatic heterocycles. The highest BCUT2D eigenvalue weighted by molar-refractivity contribution is 5.88. The van der Waals surface area contributed by atoms with Crippen LogP contribution in [-0.2, 0) is 14.3 Å². The summed E-state index contributed by atoms with van der Waals surface area (Å²) < 4.78 is 10.6. The molecule has 4 fully saturated rings. The maximum absolute atomic E-state index is 12.9. The van der Waals surface area contributed by atoms with Gasteiger partial charge < -0.3 is 50.3 Å². The van der Waals surface area contributed by atoms with E-state index in [1.54, 1.807) is 13.8 Å². The van der Waals surface area contributed by atoms with Gasteiger partial charge in [0.15, 0.2) is 0 Å². The number of hydrogen-bond acceptors (Lipinski definition) is 11. The fourth-order valence-corrected chi connectivity index (χ4v) is 10.2. The van der Waals surface area contributed by atoms with Crippen LogP contribution < -0.4 is 0 Å². The number of esters is 1. The number of carbonyl (C=O) groups excluding carboxylic acids is 1. The molecule has 1 saturated heterocycles. The predicted molar refractivity (Wildman–Crippen MR) is 162 cm³/mol. The molecular weight excluding hydrogens is 584 g/mol. The normalized spacial score (nSPS) is 48.2. The van der Waals surface area contributed by atoms with E-state index in [1.165, 1.54) is 0 Å². The molecule has 45 heavy (non-hydrogen) atoms. The van der Waals surface area contributed by atoms with Crippen LogP contribution in [0.5, 0.6) is 0 Å². The van der Waals surface area contributed by atoms with Gasteiger partial charge in [-0.15, -0.1) is 0 Å². The van der Waals surface area contributed by atoms with Gasteiger partial charge in [-0.2, -0.15) is 0 Å². The number of hydrogen-bond donors (Lipinski definition) is 8. The van der Waals surface area contributed by atoms with Crippen LogP contribution in [0.4, 0.5) is 0 Å². The van der Waals surface area contributed by atoms with E-state index >= 15 is 0 Å². The van der Waals surface area contributed by atoms with E-state index in [9.17, 15) is 45.6 Å². The van der Waals surface area contributed by atoms with E-state index in [0.717, 1.165) is 24.8 Å². The predicted octanol–water partition coefficient (Wildman–Crippen LogP) is 0.935. The maximum atomic E-state index is 12.9. The zero-order chi connectivity index (χ0) is 33.2. The highest BCUT2D eigenvalue weighted by Crippen LogP contribution is 2.67. The summed E-state index contributed by atoms with van der Waals surface area (Å²) in [4.78, 5) is 12.9. The SMILES string of the molecule is C/C(CC(O)[C@@H](C)[C@H]1CC[C@H]2[C@@H]3CC=C4CC(O)CC(O)[C@]4(C)[C@H]3C(O)C[C@]12C)=C(/C)C(=O)O[C@@H]1O[C@H](CO)[C@@H](O)[C@H](O)[C@H]1O. The average Bonchev–Trinajstić information content (AvgIpc) is 3.33. The Balaban J connectivity index is 1.27. The summed E-state index contributed by atoms with van der Waals surface area (Å²) >= 11 is 0. The van der Waals surface area contributed by atoms with Gasteiger partial charge >= 0.3 is 5.97 Å². The largest absolute Gasteiger partial charge is 0.429 e. The number of rotatable bonds is 7. The number of aliphatic hydroxyl groups is 8. The first kappa shape index (κ1) is 34.9. The highest BCUT2D eigenvalue weighted by Gasteiger charge is 2.64. The number of fused-ring (bicyclic) bond motifs is 5. The second kappa shape index (κ2) is 12.9. The Hall–Kier alpha value is -1.41. The fourth-order valence-electron chi connectivity index (χ4n) is 10.2. The lowest BCUT2D eigenvalue weighted by atomic mass is 9.45. The molecule has 0 aromatic rings. The van der Waals surface area contributed by atoms with Gasteiger partial charge in [-0.25, -0.2) is 4.79 Å². The summed E-state index contributed by atoms with van der Waals surface area (Å²) in [6.07, 6.45) is -3.80. The van der Waals surface area contributed by atoms with Gasteiger partial charge in [0.2, 0.25) is 6.29 Å². The van der Waals surface area contributed by atoms with E-state index in [0.29, 0.717) is 30.8 Å². The molecule has 3 saturated carbocycles. The molecule has 11 nitrogen and oxygen atoms in total. The molecule has 0 aromatic heterocycles. The van der Waals surface area contributed by atoms with Gasteiger partial charge in [-0.3, -0.25) is 0 Å². The zero-order valence-electron chi connectivity index (χ0n) is 27.1. The molecule has 4 aliphatic carbocycles. The second-order valence-corrected chi connectivity index (χ2v) is 15.3. The molecule has 11 heteroatoms. The van der Waals surface area contributed by atoms with Crippen LogP contribution in [0.1, 0.15) is 79.6 Å². The van der Waals surface area contributed by atoms with Gasteiger partial charge in [0.1, 0.15) is 24.4 Å². The monoisotopic (exact) mass is 638 g/mol. The molecule has 4 unspecified atom stereocenters. The van der Waals surface area contributed by atoms with E-state index < -0.39 is 73.1 Å². The van der Waals surface area contributed by atoms with Gasteiger partial charge in [-0.1, -0.05) is 38.0 Å². The summed E-state index contributed by atoms with van der Waals surface area (Å²) in [6, 6.07) is 0. The van der Waals surface area contributed by atoms with Crippen molar-refractivity contribution in [2.45, 2.75) is 135 Å². The molecule has 8 N–H and O–H groups in total. The summed E-state index contributed by atoms with van der Waals surface area (Å²) in [5, 5.41) is 84.4. The first-order valence-electron chi connectivity index (χ1n) is 16.7. The summed E-state index contributed by atoms with van der Waals surface area (Å²) in [5.41, 5.74) is 1.11. The molecule has 1 heterocycles. The molecular formula is C34H54O11. The van der Waals surface area contributed by atoms with Crippen LogP contribution in [0.2, 0.25) is 0 Å². The van der Waals surface area contributed by atoms with Crippen LogP contribution >= 0.6 is 0 Å². The Morgan fingerprint density at radius 3 is 2.42 bits per heavy atom. The van der Waals surface area contributed by atoms with Gasteiger partial charge in [0.25, 0.3) is 0 Å². The zero-order valence-corrected chi connectivity index (χ0v) is 27.1. The minimum atomic E-state index is -1.70. The van der Waals surface area contributed by atoms with Crippen molar-refractivity contribution in [3.63, 3.8) is 0 Å². The van der Waals surface area contributed by atoms with Crippen molar-refractivity contribution in [2.24, 2.45) is 40.4 Å². The lowest BCUT2D eigenvalue weighted by Gasteiger charge is -2.61. The quantitative estimate of drug-likeness (QED) is 0.112. The molecule has 0 radical (unpaired) electrons. The van der Waals surface area contributed by atoms with E-state index in [1.807, 2.05) is 6.92 Å². The lowest BCUT2D eigenvalue weighted by Crippen LogP contribution is -2.60. The van der Waals surface area contributed by atoms with Crippen molar-refractivity contribution >= 4 is 5.97 Å². The fraction of sp³-hybridized carbons (Fsp3) is 0.853. The minimum absolute atomic E-state index is 0.0837. The van der Waals surface area contributed by atoms with Crippen LogP contribution in [0.3, 0.4) is 0 Å². The van der Waals surface area contributed by atoms with E-state index in [4.69, 9.17) is 9.47 Å². The molecule has 0 amide bonds. The third-order valence-corrected chi connectivity index (χ3v) is 13.0. The summed E-state index contributed by atoms with van der Waals surface area (Å²) in [7, 11) is 0. The van der Waals surface area contributed by atoms with Crippen LogP contribution in [0.25, 0.3) is 0 Å². The Labute approximate surface area is 265 Å². The first-order chi connectivity index (χ1) is 21.1. The Kier molecular flexibility index (Phi) is 10.0. The molecule has 0 bridgehead atoms. The summed E-state index contributed by atoms with van der Waals surface area (Å²) in [5.74, 6) is -0.354. The molecule has 5 rings (SSSR count). The first-order valence-corrected chi connectivity index (χ1v) is 16.7. The van der Waals surface area contributed by atoms with Crippen molar-refractivity contribution < 1.29 is 55.1 Å². The van der Waals surface area contributed by atoms with Crippen molar-refractivity contribution in [1.29, 1.82) is 0 Å². The number of allylic oxidation sites excluding steroid dienone is 1. The van der Waals surface area contributed by atoms with Crippen LogP contribution in [-0.4, -0.2) is 109 Å². The van der Waals surface area contributed by atoms with Crippen molar-refractivity contribution in [2.75, 3.05) is 6.61 Å². The van der Waals surface area contributed by atoms with E-state index in [2.05, 4.69) is 19.9 Å². The maximum Gasteiger partial charge on any atom is 0.336 e. The topological polar surface area (TPSA) is 197 Å². The third-order valence-electron chi connectivity index (χ3n) is 13.0. The van der Waals surface area contributed by atoms with Crippen molar-refractivity contribution in [3.05, 3.63) is 22.8 Å². The molecule has 0 aromatic carbocycles. The highest BCUT2D eigenvalue weighted by atomic mass is 16.7. The average molecular weight is 639 g/mol. The Bertz CT molecular complexity index is 1170. The molecule has 5 aliphatic rings. The van der Waals surface area contributed by atoms with Gasteiger partial charge in [0, 0.05) is 17.4 Å². The lowest BCUT2D eigenvalue weighted by molar-refractivity contribution is -0.291. The third kappa shape index (κ3) is 5.84. The van der Waals surface area contributed by atoms with Crippen molar-refractivity contribution in [1.82, 2.24) is 0 Å².